The Bertz CT molecular complexity index is 855. The molecule has 0 aliphatic carbocycles. The van der Waals surface area contributed by atoms with E-state index in [0.717, 1.165) is 6.26 Å². The van der Waals surface area contributed by atoms with Crippen molar-refractivity contribution < 1.29 is 23.4 Å². The van der Waals surface area contributed by atoms with E-state index in [2.05, 4.69) is 4.72 Å². The normalized spacial score (nSPS) is 11.5. The van der Waals surface area contributed by atoms with Crippen molar-refractivity contribution >= 4 is 27.6 Å². The van der Waals surface area contributed by atoms with Crippen molar-refractivity contribution in [1.82, 2.24) is 0 Å². The van der Waals surface area contributed by atoms with Crippen molar-refractivity contribution in [3.63, 3.8) is 0 Å². The van der Waals surface area contributed by atoms with Gasteiger partial charge < -0.3 is 10.2 Å². The van der Waals surface area contributed by atoms with Gasteiger partial charge in [0, 0.05) is 11.3 Å². The number of nitrogens with one attached hydrogen (secondary N) is 1. The van der Waals surface area contributed by atoms with E-state index in [4.69, 9.17) is 0 Å². The van der Waals surface area contributed by atoms with Gasteiger partial charge in [-0.2, -0.15) is 0 Å². The second-order valence-corrected chi connectivity index (χ2v) is 6.65. The highest BCUT2D eigenvalue weighted by Gasteiger charge is 2.05. The molecule has 0 spiro atoms. The molecule has 0 heterocycles. The number of carbonyl (C=O) groups excluding carboxylic acids is 1. The van der Waals surface area contributed by atoms with Gasteiger partial charge in [0.05, 0.1) is 6.26 Å². The number of hydrogen-bond acceptors (Lipinski definition) is 5. The Morgan fingerprint density at radius 3 is 2.26 bits per heavy atom. The second-order valence-electron chi connectivity index (χ2n) is 4.90. The molecule has 0 saturated heterocycles. The quantitative estimate of drug-likeness (QED) is 0.443. The molecule has 7 heteroatoms. The van der Waals surface area contributed by atoms with Gasteiger partial charge >= 0.3 is 0 Å². The van der Waals surface area contributed by atoms with Crippen LogP contribution in [-0.4, -0.2) is 30.7 Å². The molecule has 0 unspecified atom stereocenters. The molecular formula is C16H15NO5S. The predicted molar refractivity (Wildman–Crippen MR) is 88.0 cm³/mol. The Hall–Kier alpha value is -2.80. The molecule has 0 amide bonds. The number of benzene rings is 2. The van der Waals surface area contributed by atoms with Gasteiger partial charge in [0.2, 0.25) is 10.0 Å². The molecule has 0 radical (unpaired) electrons. The van der Waals surface area contributed by atoms with E-state index < -0.39 is 10.0 Å². The minimum absolute atomic E-state index is 0.234. The summed E-state index contributed by atoms with van der Waals surface area (Å²) in [6.45, 7) is 0. The van der Waals surface area contributed by atoms with Crippen LogP contribution in [0.25, 0.3) is 6.08 Å². The Kier molecular flexibility index (Phi) is 4.71. The summed E-state index contributed by atoms with van der Waals surface area (Å²) in [7, 11) is -3.36. The lowest BCUT2D eigenvalue weighted by molar-refractivity contribution is 0.104. The fraction of sp³-hybridized carbons (Fsp3) is 0.0625. The van der Waals surface area contributed by atoms with Crippen LogP contribution in [0.5, 0.6) is 11.5 Å². The average molecular weight is 333 g/mol. The number of ketones is 1. The largest absolute Gasteiger partial charge is 0.504 e. The summed E-state index contributed by atoms with van der Waals surface area (Å²) in [6.07, 6.45) is 3.87. The SMILES string of the molecule is CS(=O)(=O)Nc1ccc(C(=O)/C=C/c2ccc(O)c(O)c2)cc1. The zero-order chi connectivity index (χ0) is 17.0. The first-order valence-corrected chi connectivity index (χ1v) is 8.46. The number of aromatic hydroxyl groups is 2. The number of phenolic OH excluding ortho intramolecular Hbond substituents is 2. The summed E-state index contributed by atoms with van der Waals surface area (Å²) < 4.78 is 24.5. The van der Waals surface area contributed by atoms with E-state index >= 15 is 0 Å². The summed E-state index contributed by atoms with van der Waals surface area (Å²) in [5, 5.41) is 18.6. The number of sulfonamides is 1. The van der Waals surface area contributed by atoms with Crippen LogP contribution in [0.3, 0.4) is 0 Å². The van der Waals surface area contributed by atoms with Gasteiger partial charge in [-0.1, -0.05) is 12.1 Å². The molecule has 3 N–H and O–H groups in total. The molecule has 0 atom stereocenters. The molecule has 2 aromatic rings. The number of hydrogen-bond donors (Lipinski definition) is 3. The zero-order valence-corrected chi connectivity index (χ0v) is 13.0. The van der Waals surface area contributed by atoms with Gasteiger partial charge in [0.1, 0.15) is 0 Å². The Balaban J connectivity index is 2.11. The Morgan fingerprint density at radius 1 is 1.04 bits per heavy atom. The smallest absolute Gasteiger partial charge is 0.229 e. The maximum Gasteiger partial charge on any atom is 0.229 e. The first kappa shape index (κ1) is 16.6. The number of phenols is 2. The summed E-state index contributed by atoms with van der Waals surface area (Å²) in [6, 6.07) is 10.2. The van der Waals surface area contributed by atoms with Crippen LogP contribution in [0.4, 0.5) is 5.69 Å². The van der Waals surface area contributed by atoms with Crippen LogP contribution in [0.15, 0.2) is 48.5 Å². The maximum absolute atomic E-state index is 12.0. The fourth-order valence-electron chi connectivity index (χ4n) is 1.83. The van der Waals surface area contributed by atoms with E-state index in [-0.39, 0.29) is 17.3 Å². The molecule has 0 aliphatic heterocycles. The summed E-state index contributed by atoms with van der Waals surface area (Å²) in [4.78, 5) is 12.0. The Labute approximate surface area is 133 Å². The van der Waals surface area contributed by atoms with Crippen LogP contribution in [0, 0.1) is 0 Å². The molecule has 0 bridgehead atoms. The van der Waals surface area contributed by atoms with Crippen LogP contribution in [0.2, 0.25) is 0 Å². The zero-order valence-electron chi connectivity index (χ0n) is 12.2. The minimum Gasteiger partial charge on any atom is -0.504 e. The maximum atomic E-state index is 12.0. The number of carbonyl (C=O) groups is 1. The van der Waals surface area contributed by atoms with Gasteiger partial charge in [-0.3, -0.25) is 9.52 Å². The van der Waals surface area contributed by atoms with E-state index in [1.165, 1.54) is 48.6 Å². The van der Waals surface area contributed by atoms with E-state index in [0.29, 0.717) is 16.8 Å². The van der Waals surface area contributed by atoms with Crippen molar-refractivity contribution in [2.24, 2.45) is 0 Å². The highest BCUT2D eigenvalue weighted by atomic mass is 32.2. The van der Waals surface area contributed by atoms with Crippen LogP contribution >= 0.6 is 0 Å². The molecule has 6 nitrogen and oxygen atoms in total. The first-order valence-electron chi connectivity index (χ1n) is 6.57. The van der Waals surface area contributed by atoms with Crippen molar-refractivity contribution in [3.05, 3.63) is 59.7 Å². The highest BCUT2D eigenvalue weighted by Crippen LogP contribution is 2.25. The minimum atomic E-state index is -3.36. The van der Waals surface area contributed by atoms with Gasteiger partial charge in [-0.25, -0.2) is 8.42 Å². The highest BCUT2D eigenvalue weighted by molar-refractivity contribution is 7.92. The predicted octanol–water partition coefficient (Wildman–Crippen LogP) is 2.37. The van der Waals surface area contributed by atoms with Crippen molar-refractivity contribution in [2.75, 3.05) is 11.0 Å². The molecule has 0 saturated carbocycles. The molecule has 0 fully saturated rings. The molecule has 23 heavy (non-hydrogen) atoms. The van der Waals surface area contributed by atoms with Gasteiger partial charge in [-0.05, 0) is 48.0 Å². The monoisotopic (exact) mass is 333 g/mol. The van der Waals surface area contributed by atoms with Crippen molar-refractivity contribution in [3.8, 4) is 11.5 Å². The van der Waals surface area contributed by atoms with E-state index in [9.17, 15) is 23.4 Å². The fourth-order valence-corrected chi connectivity index (χ4v) is 2.39. The molecule has 0 aliphatic rings. The first-order chi connectivity index (χ1) is 10.7. The van der Waals surface area contributed by atoms with Gasteiger partial charge in [0.25, 0.3) is 0 Å². The van der Waals surface area contributed by atoms with E-state index in [1.807, 2.05) is 0 Å². The number of rotatable bonds is 5. The Morgan fingerprint density at radius 2 is 1.70 bits per heavy atom. The molecule has 0 aromatic heterocycles. The third kappa shape index (κ3) is 4.86. The lowest BCUT2D eigenvalue weighted by Gasteiger charge is -2.04. The summed E-state index contributed by atoms with van der Waals surface area (Å²) in [5.41, 5.74) is 1.32. The van der Waals surface area contributed by atoms with Crippen molar-refractivity contribution in [2.45, 2.75) is 0 Å². The summed E-state index contributed by atoms with van der Waals surface area (Å²) in [5.74, 6) is -0.776. The van der Waals surface area contributed by atoms with Gasteiger partial charge in [-0.15, -0.1) is 0 Å². The number of anilines is 1. The topological polar surface area (TPSA) is 104 Å². The average Bonchev–Trinajstić information content (AvgIpc) is 2.47. The third-order valence-corrected chi connectivity index (χ3v) is 3.51. The van der Waals surface area contributed by atoms with Crippen LogP contribution in [-0.2, 0) is 10.0 Å². The lowest BCUT2D eigenvalue weighted by atomic mass is 10.1. The second kappa shape index (κ2) is 6.53. The van der Waals surface area contributed by atoms with Crippen molar-refractivity contribution in [1.29, 1.82) is 0 Å². The molecule has 2 aromatic carbocycles. The third-order valence-electron chi connectivity index (χ3n) is 2.90. The number of allylic oxidation sites excluding steroid dienone is 1. The van der Waals surface area contributed by atoms with E-state index in [1.54, 1.807) is 6.07 Å². The summed E-state index contributed by atoms with van der Waals surface area (Å²) >= 11 is 0. The van der Waals surface area contributed by atoms with Crippen LogP contribution in [0.1, 0.15) is 15.9 Å². The molecule has 2 rings (SSSR count). The molecule has 120 valence electrons. The van der Waals surface area contributed by atoms with Gasteiger partial charge in [0.15, 0.2) is 17.3 Å². The standard InChI is InChI=1S/C16H15NO5S/c1-23(21,22)17-13-6-4-12(5-7-13)14(18)8-2-11-3-9-15(19)16(20)10-11/h2-10,17,19-20H,1H3/b8-2+. The lowest BCUT2D eigenvalue weighted by Crippen LogP contribution is -2.09. The molecular weight excluding hydrogens is 318 g/mol. The van der Waals surface area contributed by atoms with Crippen LogP contribution < -0.4 is 4.72 Å².